The molecular formula is C18H26N4O. The Morgan fingerprint density at radius 1 is 1.39 bits per heavy atom. The summed E-state index contributed by atoms with van der Waals surface area (Å²) in [7, 11) is 0. The molecule has 0 spiro atoms. The number of fused-ring (bicyclic) bond motifs is 1. The monoisotopic (exact) mass is 314 g/mol. The Morgan fingerprint density at radius 3 is 2.91 bits per heavy atom. The number of imidazole rings is 1. The lowest BCUT2D eigenvalue weighted by Crippen LogP contribution is -2.45. The van der Waals surface area contributed by atoms with E-state index in [1.54, 1.807) is 0 Å². The van der Waals surface area contributed by atoms with E-state index >= 15 is 0 Å². The first kappa shape index (κ1) is 16.0. The summed E-state index contributed by atoms with van der Waals surface area (Å²) in [6.07, 6.45) is 6.06. The Hall–Kier alpha value is -1.88. The number of amides is 1. The molecule has 0 aromatic carbocycles. The predicted octanol–water partition coefficient (Wildman–Crippen LogP) is 2.48. The zero-order valence-corrected chi connectivity index (χ0v) is 14.3. The standard InChI is InChI=1S/C18H26N4O/c1-4-20(5-2)18(23)16-9-7-10-21(16)13-15-12-19-17-14(3)8-6-11-22(15)17/h6,8,11-12,16H,4-5,7,9-10,13H2,1-3H3/t16-/m0/s1. The Bertz CT molecular complexity index is 689. The average Bonchev–Trinajstić information content (AvgIpc) is 3.17. The van der Waals surface area contributed by atoms with E-state index in [-0.39, 0.29) is 11.9 Å². The second kappa shape index (κ2) is 6.71. The largest absolute Gasteiger partial charge is 0.342 e. The molecule has 3 rings (SSSR count). The summed E-state index contributed by atoms with van der Waals surface area (Å²) in [6, 6.07) is 4.15. The number of aryl methyl sites for hydroxylation is 1. The highest BCUT2D eigenvalue weighted by molar-refractivity contribution is 5.82. The molecule has 1 saturated heterocycles. The summed E-state index contributed by atoms with van der Waals surface area (Å²) in [6.45, 7) is 9.51. The predicted molar refractivity (Wildman–Crippen MR) is 91.3 cm³/mol. The quantitative estimate of drug-likeness (QED) is 0.851. The van der Waals surface area contributed by atoms with E-state index in [4.69, 9.17) is 0 Å². The van der Waals surface area contributed by atoms with Gasteiger partial charge in [-0.25, -0.2) is 4.98 Å². The Kier molecular flexibility index (Phi) is 4.66. The van der Waals surface area contributed by atoms with Crippen LogP contribution < -0.4 is 0 Å². The van der Waals surface area contributed by atoms with Crippen molar-refractivity contribution < 1.29 is 4.79 Å². The van der Waals surface area contributed by atoms with Crippen LogP contribution in [0.25, 0.3) is 5.65 Å². The first-order valence-corrected chi connectivity index (χ1v) is 8.60. The molecule has 1 aliphatic heterocycles. The average molecular weight is 314 g/mol. The third-order valence-electron chi connectivity index (χ3n) is 4.90. The number of likely N-dealkylation sites (N-methyl/N-ethyl adjacent to an activating group) is 1. The van der Waals surface area contributed by atoms with Crippen LogP contribution in [0.15, 0.2) is 24.5 Å². The minimum atomic E-state index is 0.0188. The molecule has 0 unspecified atom stereocenters. The van der Waals surface area contributed by atoms with Crippen molar-refractivity contribution in [1.29, 1.82) is 0 Å². The van der Waals surface area contributed by atoms with Crippen LogP contribution in [-0.2, 0) is 11.3 Å². The molecule has 0 saturated carbocycles. The van der Waals surface area contributed by atoms with Gasteiger partial charge in [-0.05, 0) is 51.8 Å². The molecule has 0 bridgehead atoms. The van der Waals surface area contributed by atoms with Crippen molar-refractivity contribution in [2.24, 2.45) is 0 Å². The lowest BCUT2D eigenvalue weighted by Gasteiger charge is -2.28. The minimum absolute atomic E-state index is 0.0188. The summed E-state index contributed by atoms with van der Waals surface area (Å²) >= 11 is 0. The lowest BCUT2D eigenvalue weighted by molar-refractivity contribution is -0.135. The van der Waals surface area contributed by atoms with Gasteiger partial charge in [0.2, 0.25) is 5.91 Å². The van der Waals surface area contributed by atoms with Gasteiger partial charge in [-0.1, -0.05) is 6.07 Å². The molecule has 2 aromatic rings. The normalized spacial score (nSPS) is 18.7. The van der Waals surface area contributed by atoms with E-state index in [1.807, 2.05) is 24.9 Å². The van der Waals surface area contributed by atoms with Gasteiger partial charge in [-0.3, -0.25) is 9.69 Å². The maximum atomic E-state index is 12.7. The third-order valence-corrected chi connectivity index (χ3v) is 4.90. The summed E-state index contributed by atoms with van der Waals surface area (Å²) in [5, 5.41) is 0. The lowest BCUT2D eigenvalue weighted by atomic mass is 10.2. The molecule has 0 N–H and O–H groups in total. The molecule has 0 aliphatic carbocycles. The smallest absolute Gasteiger partial charge is 0.239 e. The molecule has 2 aromatic heterocycles. The van der Waals surface area contributed by atoms with E-state index in [0.717, 1.165) is 50.4 Å². The van der Waals surface area contributed by atoms with E-state index in [2.05, 4.69) is 39.5 Å². The summed E-state index contributed by atoms with van der Waals surface area (Å²) in [4.78, 5) is 21.5. The topological polar surface area (TPSA) is 40.9 Å². The highest BCUT2D eigenvalue weighted by atomic mass is 16.2. The molecule has 1 atom stereocenters. The zero-order valence-electron chi connectivity index (χ0n) is 14.3. The SMILES string of the molecule is CCN(CC)C(=O)[C@@H]1CCCN1Cc1cnc2c(C)cccn12. The van der Waals surface area contributed by atoms with Gasteiger partial charge in [0.05, 0.1) is 17.9 Å². The van der Waals surface area contributed by atoms with Gasteiger partial charge < -0.3 is 9.30 Å². The van der Waals surface area contributed by atoms with Crippen molar-refractivity contribution in [3.63, 3.8) is 0 Å². The Morgan fingerprint density at radius 2 is 2.17 bits per heavy atom. The molecule has 0 radical (unpaired) electrons. The van der Waals surface area contributed by atoms with Gasteiger partial charge in [0, 0.05) is 25.8 Å². The Balaban J connectivity index is 1.80. The molecule has 23 heavy (non-hydrogen) atoms. The van der Waals surface area contributed by atoms with Crippen molar-refractivity contribution in [2.75, 3.05) is 19.6 Å². The van der Waals surface area contributed by atoms with Crippen molar-refractivity contribution in [2.45, 2.75) is 46.2 Å². The second-order valence-corrected chi connectivity index (χ2v) is 6.27. The Labute approximate surface area is 137 Å². The van der Waals surface area contributed by atoms with Crippen molar-refractivity contribution in [1.82, 2.24) is 19.2 Å². The molecule has 1 amide bonds. The van der Waals surface area contributed by atoms with Gasteiger partial charge >= 0.3 is 0 Å². The van der Waals surface area contributed by atoms with Gasteiger partial charge in [-0.2, -0.15) is 0 Å². The van der Waals surface area contributed by atoms with E-state index in [1.165, 1.54) is 5.56 Å². The number of carbonyl (C=O) groups excluding carboxylic acids is 1. The zero-order chi connectivity index (χ0) is 16.4. The van der Waals surface area contributed by atoms with Crippen molar-refractivity contribution >= 4 is 11.6 Å². The fraction of sp³-hybridized carbons (Fsp3) is 0.556. The fourth-order valence-corrected chi connectivity index (χ4v) is 3.57. The van der Waals surface area contributed by atoms with E-state index < -0.39 is 0 Å². The first-order valence-electron chi connectivity index (χ1n) is 8.60. The molecule has 5 nitrogen and oxygen atoms in total. The number of aromatic nitrogens is 2. The maximum absolute atomic E-state index is 12.7. The number of rotatable bonds is 5. The van der Waals surface area contributed by atoms with Crippen molar-refractivity contribution in [3.05, 3.63) is 35.8 Å². The van der Waals surface area contributed by atoms with Crippen LogP contribution in [-0.4, -0.2) is 50.8 Å². The van der Waals surface area contributed by atoms with Gasteiger partial charge in [0.15, 0.2) is 0 Å². The van der Waals surface area contributed by atoms with Gasteiger partial charge in [-0.15, -0.1) is 0 Å². The van der Waals surface area contributed by atoms with E-state index in [0.29, 0.717) is 0 Å². The van der Waals surface area contributed by atoms with Crippen molar-refractivity contribution in [3.8, 4) is 0 Å². The van der Waals surface area contributed by atoms with E-state index in [9.17, 15) is 4.79 Å². The molecule has 124 valence electrons. The van der Waals surface area contributed by atoms with Crippen LogP contribution in [0.3, 0.4) is 0 Å². The molecule has 3 heterocycles. The summed E-state index contributed by atoms with van der Waals surface area (Å²) < 4.78 is 2.15. The van der Waals surface area contributed by atoms with Crippen LogP contribution in [0, 0.1) is 6.92 Å². The highest BCUT2D eigenvalue weighted by Crippen LogP contribution is 2.22. The highest BCUT2D eigenvalue weighted by Gasteiger charge is 2.33. The number of hydrogen-bond acceptors (Lipinski definition) is 3. The summed E-state index contributed by atoms with van der Waals surface area (Å²) in [5.74, 6) is 0.275. The maximum Gasteiger partial charge on any atom is 0.239 e. The number of hydrogen-bond donors (Lipinski definition) is 0. The van der Waals surface area contributed by atoms with Crippen LogP contribution in [0.5, 0.6) is 0 Å². The van der Waals surface area contributed by atoms with Gasteiger partial charge in [0.25, 0.3) is 0 Å². The van der Waals surface area contributed by atoms with Crippen LogP contribution >= 0.6 is 0 Å². The first-order chi connectivity index (χ1) is 11.2. The minimum Gasteiger partial charge on any atom is -0.342 e. The number of nitrogens with zero attached hydrogens (tertiary/aromatic N) is 4. The summed E-state index contributed by atoms with van der Waals surface area (Å²) in [5.41, 5.74) is 3.34. The second-order valence-electron chi connectivity index (χ2n) is 6.27. The van der Waals surface area contributed by atoms with Gasteiger partial charge in [0.1, 0.15) is 5.65 Å². The van der Waals surface area contributed by atoms with Crippen LogP contribution in [0.4, 0.5) is 0 Å². The molecule has 1 aliphatic rings. The molecular weight excluding hydrogens is 288 g/mol. The molecule has 1 fully saturated rings. The fourth-order valence-electron chi connectivity index (χ4n) is 3.57. The number of pyridine rings is 1. The number of carbonyl (C=O) groups is 1. The molecule has 5 heteroatoms. The van der Waals surface area contributed by atoms with Crippen LogP contribution in [0.1, 0.15) is 37.9 Å². The number of likely N-dealkylation sites (tertiary alicyclic amines) is 1. The third kappa shape index (κ3) is 2.98. The van der Waals surface area contributed by atoms with Crippen LogP contribution in [0.2, 0.25) is 0 Å².